The van der Waals surface area contributed by atoms with Gasteiger partial charge in [-0.2, -0.15) is 0 Å². The molecule has 3 amide bonds. The minimum Gasteiger partial charge on any atom is -0.368 e. The van der Waals surface area contributed by atoms with E-state index in [-0.39, 0.29) is 12.1 Å². The molecule has 0 spiro atoms. The van der Waals surface area contributed by atoms with Crippen LogP contribution in [0, 0.1) is 0 Å². The molecule has 1 aliphatic heterocycles. The van der Waals surface area contributed by atoms with Crippen molar-refractivity contribution in [1.29, 1.82) is 0 Å². The third kappa shape index (κ3) is 4.16. The Kier molecular flexibility index (Phi) is 5.38. The zero-order chi connectivity index (χ0) is 20.3. The maximum atomic E-state index is 13.0. The quantitative estimate of drug-likeness (QED) is 0.366. The number of rotatable bonds is 6. The molecule has 0 aliphatic carbocycles. The van der Waals surface area contributed by atoms with E-state index in [1.165, 1.54) is 17.4 Å². The van der Waals surface area contributed by atoms with E-state index in [2.05, 4.69) is 20.3 Å². The Morgan fingerprint density at radius 3 is 2.75 bits per heavy atom. The minimum atomic E-state index is -1.06. The van der Waals surface area contributed by atoms with Crippen LogP contribution in [-0.2, 0) is 16.0 Å². The van der Waals surface area contributed by atoms with E-state index in [9.17, 15) is 24.0 Å². The molecule has 0 saturated carbocycles. The van der Waals surface area contributed by atoms with Gasteiger partial charge in [-0.25, -0.2) is 9.78 Å². The zero-order valence-corrected chi connectivity index (χ0v) is 14.7. The summed E-state index contributed by atoms with van der Waals surface area (Å²) in [6.45, 7) is 0.337. The van der Waals surface area contributed by atoms with E-state index in [1.807, 2.05) is 4.98 Å². The van der Waals surface area contributed by atoms with Crippen LogP contribution in [0.25, 0.3) is 0 Å². The fourth-order valence-electron chi connectivity index (χ4n) is 3.17. The number of hydrogen-bond donors (Lipinski definition) is 5. The molecule has 2 aromatic heterocycles. The molecule has 1 aliphatic rings. The van der Waals surface area contributed by atoms with Gasteiger partial charge in [-0.15, -0.1) is 0 Å². The Bertz CT molecular complexity index is 965. The average Bonchev–Trinajstić information content (AvgIpc) is 3.31. The number of amides is 3. The topological polar surface area (TPSA) is 187 Å². The Morgan fingerprint density at radius 2 is 2.11 bits per heavy atom. The van der Waals surface area contributed by atoms with E-state index < -0.39 is 41.1 Å². The zero-order valence-electron chi connectivity index (χ0n) is 14.7. The first kappa shape index (κ1) is 19.1. The number of nitrogens with one attached hydrogen (secondary N) is 4. The highest BCUT2D eigenvalue weighted by atomic mass is 16.2. The lowest BCUT2D eigenvalue weighted by Crippen LogP contribution is -2.53. The highest BCUT2D eigenvalue weighted by Gasteiger charge is 2.37. The van der Waals surface area contributed by atoms with Crippen LogP contribution in [0.4, 0.5) is 0 Å². The number of H-pyrrole nitrogens is 3. The highest BCUT2D eigenvalue weighted by Crippen LogP contribution is 2.19. The number of imidazole rings is 1. The van der Waals surface area contributed by atoms with Crippen molar-refractivity contribution in [2.24, 2.45) is 5.73 Å². The van der Waals surface area contributed by atoms with Crippen LogP contribution in [0.15, 0.2) is 28.2 Å². The Hall–Kier alpha value is -3.70. The van der Waals surface area contributed by atoms with Crippen molar-refractivity contribution in [1.82, 2.24) is 30.2 Å². The molecule has 28 heavy (non-hydrogen) atoms. The van der Waals surface area contributed by atoms with E-state index in [0.29, 0.717) is 25.1 Å². The number of aromatic nitrogens is 4. The molecular formula is C16H19N7O5. The molecule has 0 radical (unpaired) electrons. The normalized spacial score (nSPS) is 17.3. The number of nitrogens with two attached hydrogens (primary N) is 1. The summed E-state index contributed by atoms with van der Waals surface area (Å²) in [7, 11) is 0. The van der Waals surface area contributed by atoms with Crippen molar-refractivity contribution in [3.63, 3.8) is 0 Å². The average molecular weight is 389 g/mol. The largest absolute Gasteiger partial charge is 0.368 e. The van der Waals surface area contributed by atoms with Gasteiger partial charge in [0.15, 0.2) is 0 Å². The first-order valence-electron chi connectivity index (χ1n) is 8.56. The first-order valence-corrected chi connectivity index (χ1v) is 8.56. The third-order valence-electron chi connectivity index (χ3n) is 4.45. The summed E-state index contributed by atoms with van der Waals surface area (Å²) in [6, 6.07) is -0.889. The van der Waals surface area contributed by atoms with Crippen LogP contribution >= 0.6 is 0 Å². The molecule has 3 heterocycles. The minimum absolute atomic E-state index is 0.0694. The van der Waals surface area contributed by atoms with Crippen molar-refractivity contribution in [2.75, 3.05) is 6.54 Å². The molecule has 12 nitrogen and oxygen atoms in total. The predicted molar refractivity (Wildman–Crippen MR) is 95.2 cm³/mol. The van der Waals surface area contributed by atoms with Gasteiger partial charge in [0.1, 0.15) is 17.8 Å². The van der Waals surface area contributed by atoms with Crippen LogP contribution in [-0.4, -0.2) is 61.2 Å². The fraction of sp³-hybridized carbons (Fsp3) is 0.375. The van der Waals surface area contributed by atoms with Crippen molar-refractivity contribution < 1.29 is 14.4 Å². The standard InChI is InChI=1S/C16H19N7O5/c17-13(25)11-2-1-3-23(11)15(27)10(4-8-6-18-7-19-8)20-14(26)9-5-12(24)22-16(28)21-9/h5-7,10-11H,1-4H2,(H2,17,25)(H,18,19)(H,20,26)(H2,21,22,24,28)/t10-,11-/m0/s1. The van der Waals surface area contributed by atoms with E-state index in [4.69, 9.17) is 5.73 Å². The van der Waals surface area contributed by atoms with Crippen LogP contribution < -0.4 is 22.3 Å². The van der Waals surface area contributed by atoms with Crippen LogP contribution in [0.2, 0.25) is 0 Å². The number of hydrogen-bond acceptors (Lipinski definition) is 6. The van der Waals surface area contributed by atoms with Gasteiger partial charge in [0.25, 0.3) is 11.5 Å². The van der Waals surface area contributed by atoms with Crippen molar-refractivity contribution in [3.05, 3.63) is 50.8 Å². The summed E-state index contributed by atoms with van der Waals surface area (Å²) in [4.78, 5) is 72.2. The van der Waals surface area contributed by atoms with Crippen molar-refractivity contribution >= 4 is 17.7 Å². The molecule has 148 valence electrons. The fourth-order valence-corrected chi connectivity index (χ4v) is 3.17. The molecule has 2 aromatic rings. The van der Waals surface area contributed by atoms with Gasteiger partial charge in [0, 0.05) is 30.9 Å². The number of carbonyl (C=O) groups is 3. The Labute approximate surface area is 157 Å². The van der Waals surface area contributed by atoms with Crippen LogP contribution in [0.3, 0.4) is 0 Å². The summed E-state index contributed by atoms with van der Waals surface area (Å²) < 4.78 is 0. The summed E-state index contributed by atoms with van der Waals surface area (Å²) >= 11 is 0. The highest BCUT2D eigenvalue weighted by molar-refractivity contribution is 5.97. The van der Waals surface area contributed by atoms with E-state index in [0.717, 1.165) is 6.07 Å². The van der Waals surface area contributed by atoms with E-state index >= 15 is 0 Å². The van der Waals surface area contributed by atoms with Gasteiger partial charge < -0.3 is 25.9 Å². The van der Waals surface area contributed by atoms with Gasteiger partial charge in [-0.05, 0) is 12.8 Å². The predicted octanol–water partition coefficient (Wildman–Crippen LogP) is -2.40. The monoisotopic (exact) mass is 389 g/mol. The molecule has 0 bridgehead atoms. The number of carbonyl (C=O) groups excluding carboxylic acids is 3. The van der Waals surface area contributed by atoms with Gasteiger partial charge in [-0.3, -0.25) is 24.2 Å². The molecule has 2 atom stereocenters. The molecule has 1 fully saturated rings. The number of aromatic amines is 3. The summed E-state index contributed by atoms with van der Waals surface area (Å²) in [5, 5.41) is 2.51. The van der Waals surface area contributed by atoms with Crippen molar-refractivity contribution in [2.45, 2.75) is 31.3 Å². The van der Waals surface area contributed by atoms with Crippen molar-refractivity contribution in [3.8, 4) is 0 Å². The second-order valence-corrected chi connectivity index (χ2v) is 6.40. The SMILES string of the molecule is NC(=O)[C@@H]1CCCN1C(=O)[C@H](Cc1cnc[nH]1)NC(=O)c1cc(=O)[nH]c(=O)[nH]1. The molecule has 0 unspecified atom stereocenters. The van der Waals surface area contributed by atoms with Crippen LogP contribution in [0.1, 0.15) is 29.0 Å². The Morgan fingerprint density at radius 1 is 1.32 bits per heavy atom. The number of nitrogens with zero attached hydrogens (tertiary/aromatic N) is 2. The van der Waals surface area contributed by atoms with Crippen LogP contribution in [0.5, 0.6) is 0 Å². The van der Waals surface area contributed by atoms with Gasteiger partial charge in [0.05, 0.1) is 6.33 Å². The lowest BCUT2D eigenvalue weighted by molar-refractivity contribution is -0.138. The third-order valence-corrected chi connectivity index (χ3v) is 4.45. The Balaban J connectivity index is 1.85. The molecule has 1 saturated heterocycles. The second kappa shape index (κ2) is 7.90. The number of primary amides is 1. The molecule has 0 aromatic carbocycles. The number of likely N-dealkylation sites (tertiary alicyclic amines) is 1. The van der Waals surface area contributed by atoms with Gasteiger partial charge >= 0.3 is 5.69 Å². The van der Waals surface area contributed by atoms with E-state index in [1.54, 1.807) is 0 Å². The maximum absolute atomic E-state index is 13.0. The van der Waals surface area contributed by atoms with Gasteiger partial charge in [-0.1, -0.05) is 0 Å². The smallest absolute Gasteiger partial charge is 0.326 e. The molecule has 3 rings (SSSR count). The summed E-state index contributed by atoms with van der Waals surface area (Å²) in [5.74, 6) is -1.91. The lowest BCUT2D eigenvalue weighted by Gasteiger charge is -2.27. The first-order chi connectivity index (χ1) is 13.3. The van der Waals surface area contributed by atoms with Gasteiger partial charge in [0.2, 0.25) is 11.8 Å². The summed E-state index contributed by atoms with van der Waals surface area (Å²) in [6.07, 6.45) is 4.06. The molecule has 6 N–H and O–H groups in total. The molecular weight excluding hydrogens is 370 g/mol. The molecule has 12 heteroatoms. The lowest BCUT2D eigenvalue weighted by atomic mass is 10.1. The summed E-state index contributed by atoms with van der Waals surface area (Å²) in [5.41, 5.74) is 4.07. The second-order valence-electron chi connectivity index (χ2n) is 6.40. The maximum Gasteiger partial charge on any atom is 0.326 e.